The standard InChI is InChI=1S/C23H26O9.C12H15BrO5/c1-6-30-23(25)19(13-7-8-15-16(9-13)32-12-31-15)20(22(24)29-5)14-10-17(26-2)21(28-4)18(11-14)27-3;1-15-8-5-7(10(13)12(14)18-4)6-9(16-2)11(8)17-3/h7-11,19-20H,6,12H2,1-5H3;5-6,10H,1-4H3. The van der Waals surface area contributed by atoms with Crippen LogP contribution in [-0.2, 0) is 28.6 Å². The van der Waals surface area contributed by atoms with Crippen LogP contribution in [-0.4, -0.2) is 88.2 Å². The summed E-state index contributed by atoms with van der Waals surface area (Å²) in [6.45, 7) is 1.92. The van der Waals surface area contributed by atoms with Gasteiger partial charge in [-0.1, -0.05) is 22.0 Å². The molecule has 4 rings (SSSR count). The van der Waals surface area contributed by atoms with E-state index in [1.165, 1.54) is 56.9 Å². The number of methoxy groups -OCH3 is 8. The van der Waals surface area contributed by atoms with E-state index in [1.54, 1.807) is 49.4 Å². The molecule has 0 fully saturated rings. The van der Waals surface area contributed by atoms with Crippen molar-refractivity contribution in [2.75, 3.05) is 70.3 Å². The fourth-order valence-corrected chi connectivity index (χ4v) is 5.61. The quantitative estimate of drug-likeness (QED) is 0.118. The van der Waals surface area contributed by atoms with Crippen LogP contribution >= 0.6 is 15.9 Å². The topological polar surface area (TPSA) is 153 Å². The third-order valence-corrected chi connectivity index (χ3v) is 8.42. The molecule has 272 valence electrons. The molecule has 1 heterocycles. The first-order valence-electron chi connectivity index (χ1n) is 15.0. The van der Waals surface area contributed by atoms with Crippen molar-refractivity contribution < 1.29 is 66.5 Å². The number of carbonyl (C=O) groups excluding carboxylic acids is 3. The van der Waals surface area contributed by atoms with E-state index in [-0.39, 0.29) is 13.4 Å². The minimum absolute atomic E-state index is 0.0795. The van der Waals surface area contributed by atoms with Gasteiger partial charge in [0, 0.05) is 0 Å². The summed E-state index contributed by atoms with van der Waals surface area (Å²) in [6.07, 6.45) is 0. The number of benzene rings is 3. The predicted octanol–water partition coefficient (Wildman–Crippen LogP) is 5.37. The number of halogens is 1. The van der Waals surface area contributed by atoms with Gasteiger partial charge in [0.2, 0.25) is 18.3 Å². The highest BCUT2D eigenvalue weighted by molar-refractivity contribution is 9.09. The molecule has 0 spiro atoms. The van der Waals surface area contributed by atoms with Gasteiger partial charge < -0.3 is 52.1 Å². The van der Waals surface area contributed by atoms with Crippen LogP contribution in [0.25, 0.3) is 0 Å². The van der Waals surface area contributed by atoms with E-state index in [2.05, 4.69) is 20.7 Å². The molecule has 3 atom stereocenters. The van der Waals surface area contributed by atoms with Gasteiger partial charge >= 0.3 is 17.9 Å². The fourth-order valence-electron chi connectivity index (χ4n) is 5.16. The zero-order valence-corrected chi connectivity index (χ0v) is 30.9. The zero-order chi connectivity index (χ0) is 37.0. The lowest BCUT2D eigenvalue weighted by Gasteiger charge is -2.26. The molecule has 15 heteroatoms. The lowest BCUT2D eigenvalue weighted by molar-refractivity contribution is -0.152. The van der Waals surface area contributed by atoms with Gasteiger partial charge in [0.15, 0.2) is 34.5 Å². The summed E-state index contributed by atoms with van der Waals surface area (Å²) in [5.41, 5.74) is 1.61. The number of alkyl halides is 1. The SMILES string of the molecule is CCOC(=O)C(c1ccc2c(c1)OCO2)C(C(=O)OC)c1cc(OC)c(OC)c(OC)c1.COC(=O)C(Br)c1cc(OC)c(OC)c(OC)c1. The smallest absolute Gasteiger partial charge is 0.324 e. The lowest BCUT2D eigenvalue weighted by atomic mass is 9.81. The van der Waals surface area contributed by atoms with E-state index in [0.717, 1.165) is 0 Å². The highest BCUT2D eigenvalue weighted by Gasteiger charge is 2.40. The van der Waals surface area contributed by atoms with Gasteiger partial charge in [0.1, 0.15) is 4.83 Å². The molecular weight excluding hydrogens is 724 g/mol. The van der Waals surface area contributed by atoms with Crippen molar-refractivity contribution in [2.24, 2.45) is 0 Å². The summed E-state index contributed by atoms with van der Waals surface area (Å²) in [6, 6.07) is 11.7. The normalized spacial score (nSPS) is 12.9. The molecule has 0 amide bonds. The number of hydrogen-bond acceptors (Lipinski definition) is 14. The van der Waals surface area contributed by atoms with E-state index in [4.69, 9.17) is 47.4 Å². The Hall–Kier alpha value is -5.05. The molecular formula is C35H41BrO14. The van der Waals surface area contributed by atoms with Crippen molar-refractivity contribution >= 4 is 33.8 Å². The molecule has 14 nitrogen and oxygen atoms in total. The van der Waals surface area contributed by atoms with Gasteiger partial charge in [-0.2, -0.15) is 0 Å². The first-order valence-corrected chi connectivity index (χ1v) is 15.9. The Balaban J connectivity index is 0.000000319. The fraction of sp³-hybridized carbons (Fsp3) is 0.400. The van der Waals surface area contributed by atoms with Crippen molar-refractivity contribution in [1.29, 1.82) is 0 Å². The molecule has 0 saturated carbocycles. The minimum Gasteiger partial charge on any atom is -0.493 e. The van der Waals surface area contributed by atoms with Crippen molar-refractivity contribution in [3.8, 4) is 46.0 Å². The average Bonchev–Trinajstić information content (AvgIpc) is 3.63. The largest absolute Gasteiger partial charge is 0.493 e. The second kappa shape index (κ2) is 18.6. The van der Waals surface area contributed by atoms with Crippen LogP contribution in [0.15, 0.2) is 42.5 Å². The van der Waals surface area contributed by atoms with Crippen molar-refractivity contribution in [2.45, 2.75) is 23.6 Å². The van der Waals surface area contributed by atoms with Crippen molar-refractivity contribution in [1.82, 2.24) is 0 Å². The van der Waals surface area contributed by atoms with E-state index < -0.39 is 34.6 Å². The molecule has 3 aromatic rings. The van der Waals surface area contributed by atoms with E-state index >= 15 is 0 Å². The Labute approximate surface area is 298 Å². The van der Waals surface area contributed by atoms with E-state index in [9.17, 15) is 14.4 Å². The van der Waals surface area contributed by atoms with Gasteiger partial charge in [-0.3, -0.25) is 14.4 Å². The van der Waals surface area contributed by atoms with Crippen LogP contribution in [0.3, 0.4) is 0 Å². The zero-order valence-electron chi connectivity index (χ0n) is 29.3. The molecule has 0 saturated heterocycles. The molecule has 1 aliphatic heterocycles. The number of fused-ring (bicyclic) bond motifs is 1. The third-order valence-electron chi connectivity index (χ3n) is 7.52. The highest BCUT2D eigenvalue weighted by Crippen LogP contribution is 2.46. The number of ether oxygens (including phenoxy) is 11. The number of rotatable bonds is 14. The molecule has 0 bridgehead atoms. The van der Waals surface area contributed by atoms with E-state index in [0.29, 0.717) is 62.7 Å². The summed E-state index contributed by atoms with van der Waals surface area (Å²) in [5, 5.41) is 0. The lowest BCUT2D eigenvalue weighted by Crippen LogP contribution is -2.29. The second-order valence-electron chi connectivity index (χ2n) is 10.1. The Morgan fingerprint density at radius 1 is 0.600 bits per heavy atom. The first-order chi connectivity index (χ1) is 24.1. The molecule has 0 aliphatic carbocycles. The van der Waals surface area contributed by atoms with Crippen LogP contribution in [0.2, 0.25) is 0 Å². The molecule has 0 N–H and O–H groups in total. The number of carbonyl (C=O) groups is 3. The summed E-state index contributed by atoms with van der Waals surface area (Å²) in [5.74, 6) is -0.188. The Bertz CT molecular complexity index is 1590. The molecule has 50 heavy (non-hydrogen) atoms. The Morgan fingerprint density at radius 2 is 1.06 bits per heavy atom. The number of esters is 3. The van der Waals surface area contributed by atoms with Crippen LogP contribution < -0.4 is 37.9 Å². The Kier molecular flexibility index (Phi) is 14.7. The molecule has 0 radical (unpaired) electrons. The summed E-state index contributed by atoms with van der Waals surface area (Å²) in [7, 11) is 11.6. The van der Waals surface area contributed by atoms with Crippen LogP contribution in [0, 0.1) is 0 Å². The van der Waals surface area contributed by atoms with Gasteiger partial charge in [-0.25, -0.2) is 0 Å². The minimum atomic E-state index is -1.06. The first kappa shape index (κ1) is 39.4. The monoisotopic (exact) mass is 764 g/mol. The third kappa shape index (κ3) is 8.75. The predicted molar refractivity (Wildman–Crippen MR) is 183 cm³/mol. The molecule has 3 unspecified atom stereocenters. The summed E-state index contributed by atoms with van der Waals surface area (Å²) in [4.78, 5) is 37.0. The van der Waals surface area contributed by atoms with Crippen LogP contribution in [0.1, 0.15) is 40.3 Å². The summed E-state index contributed by atoms with van der Waals surface area (Å²) < 4.78 is 57.7. The second-order valence-corrected chi connectivity index (χ2v) is 11.1. The van der Waals surface area contributed by atoms with Crippen LogP contribution in [0.5, 0.6) is 46.0 Å². The van der Waals surface area contributed by atoms with Gasteiger partial charge in [-0.15, -0.1) is 0 Å². The molecule has 1 aliphatic rings. The maximum Gasteiger partial charge on any atom is 0.324 e. The van der Waals surface area contributed by atoms with Gasteiger partial charge in [0.05, 0.1) is 75.3 Å². The number of hydrogen-bond donors (Lipinski definition) is 0. The van der Waals surface area contributed by atoms with Gasteiger partial charge in [0.25, 0.3) is 0 Å². The summed E-state index contributed by atoms with van der Waals surface area (Å²) >= 11 is 3.26. The van der Waals surface area contributed by atoms with Gasteiger partial charge in [-0.05, 0) is 60.0 Å². The van der Waals surface area contributed by atoms with Crippen molar-refractivity contribution in [3.63, 3.8) is 0 Å². The van der Waals surface area contributed by atoms with Crippen LogP contribution in [0.4, 0.5) is 0 Å². The Morgan fingerprint density at radius 3 is 1.50 bits per heavy atom. The van der Waals surface area contributed by atoms with E-state index in [1.807, 2.05) is 0 Å². The average molecular weight is 766 g/mol. The highest BCUT2D eigenvalue weighted by atomic mass is 79.9. The molecule has 3 aromatic carbocycles. The maximum atomic E-state index is 13.1. The van der Waals surface area contributed by atoms with Crippen molar-refractivity contribution in [3.05, 3.63) is 59.2 Å². The maximum absolute atomic E-state index is 13.1. The molecule has 0 aromatic heterocycles.